The first kappa shape index (κ1) is 13.1. The first-order chi connectivity index (χ1) is 8.61. The summed E-state index contributed by atoms with van der Waals surface area (Å²) in [5, 5.41) is 16.3. The standard InChI is InChI=1S/C11H10BrF2N3O/c12-9-1-2-10(13)8(11(9)14)6-17-5-7(3-4-18)15-16-17/h1-2,5,18H,3-4,6H2. The fourth-order valence-corrected chi connectivity index (χ4v) is 1.89. The lowest BCUT2D eigenvalue weighted by Crippen LogP contribution is -2.06. The van der Waals surface area contributed by atoms with Crippen molar-refractivity contribution in [3.05, 3.63) is 45.7 Å². The van der Waals surface area contributed by atoms with Crippen LogP contribution in [0.3, 0.4) is 0 Å². The number of nitrogens with zero attached hydrogens (tertiary/aromatic N) is 3. The molecule has 0 aliphatic rings. The second-order valence-electron chi connectivity index (χ2n) is 3.70. The summed E-state index contributed by atoms with van der Waals surface area (Å²) in [6.07, 6.45) is 1.92. The van der Waals surface area contributed by atoms with Crippen molar-refractivity contribution in [2.24, 2.45) is 0 Å². The van der Waals surface area contributed by atoms with E-state index in [1.54, 1.807) is 6.20 Å². The highest BCUT2D eigenvalue weighted by Crippen LogP contribution is 2.22. The van der Waals surface area contributed by atoms with Gasteiger partial charge in [0.05, 0.1) is 16.7 Å². The Bertz CT molecular complexity index is 559. The van der Waals surface area contributed by atoms with E-state index in [1.165, 1.54) is 16.8 Å². The Morgan fingerprint density at radius 2 is 2.11 bits per heavy atom. The summed E-state index contributed by atoms with van der Waals surface area (Å²) in [6.45, 7) is -0.0894. The molecule has 1 aromatic carbocycles. The van der Waals surface area contributed by atoms with Crippen molar-refractivity contribution >= 4 is 15.9 Å². The summed E-state index contributed by atoms with van der Waals surface area (Å²) in [5.41, 5.74) is 0.498. The number of aliphatic hydroxyl groups excluding tert-OH is 1. The Labute approximate surface area is 110 Å². The number of halogens is 3. The van der Waals surface area contributed by atoms with E-state index in [0.717, 1.165) is 0 Å². The van der Waals surface area contributed by atoms with Crippen LogP contribution in [0.5, 0.6) is 0 Å². The number of hydrogen-bond donors (Lipinski definition) is 1. The van der Waals surface area contributed by atoms with E-state index in [1.807, 2.05) is 0 Å². The van der Waals surface area contributed by atoms with Crippen LogP contribution in [0, 0.1) is 11.6 Å². The summed E-state index contributed by atoms with van der Waals surface area (Å²) >= 11 is 3.00. The fourth-order valence-electron chi connectivity index (χ4n) is 1.52. The van der Waals surface area contributed by atoms with Crippen molar-refractivity contribution in [3.63, 3.8) is 0 Å². The number of aliphatic hydroxyl groups is 1. The Kier molecular flexibility index (Phi) is 4.03. The zero-order valence-corrected chi connectivity index (χ0v) is 10.9. The maximum Gasteiger partial charge on any atom is 0.145 e. The second-order valence-corrected chi connectivity index (χ2v) is 4.56. The number of aromatic nitrogens is 3. The van der Waals surface area contributed by atoms with Crippen LogP contribution in [-0.4, -0.2) is 26.7 Å². The van der Waals surface area contributed by atoms with E-state index >= 15 is 0 Å². The molecule has 1 heterocycles. The molecule has 1 aromatic heterocycles. The summed E-state index contributed by atoms with van der Waals surface area (Å²) in [5.74, 6) is -1.27. The van der Waals surface area contributed by atoms with Gasteiger partial charge in [0.15, 0.2) is 0 Å². The molecule has 0 aliphatic heterocycles. The lowest BCUT2D eigenvalue weighted by Gasteiger charge is -2.05. The van der Waals surface area contributed by atoms with Gasteiger partial charge in [-0.25, -0.2) is 13.5 Å². The number of hydrogen-bond acceptors (Lipinski definition) is 3. The van der Waals surface area contributed by atoms with Gasteiger partial charge in [-0.1, -0.05) is 5.21 Å². The molecule has 0 radical (unpaired) electrons. The molecule has 0 saturated carbocycles. The molecule has 1 N–H and O–H groups in total. The smallest absolute Gasteiger partial charge is 0.145 e. The topological polar surface area (TPSA) is 50.9 Å². The molecule has 96 valence electrons. The summed E-state index contributed by atoms with van der Waals surface area (Å²) in [6, 6.07) is 2.50. The molecule has 2 rings (SSSR count). The molecule has 7 heteroatoms. The molecule has 0 atom stereocenters. The average molecular weight is 318 g/mol. The van der Waals surface area contributed by atoms with Gasteiger partial charge in [0.25, 0.3) is 0 Å². The molecule has 0 fully saturated rings. The highest BCUT2D eigenvalue weighted by atomic mass is 79.9. The zero-order chi connectivity index (χ0) is 13.1. The van der Waals surface area contributed by atoms with Crippen molar-refractivity contribution in [1.29, 1.82) is 0 Å². The van der Waals surface area contributed by atoms with Crippen LogP contribution < -0.4 is 0 Å². The molecule has 0 bridgehead atoms. The van der Waals surface area contributed by atoms with Gasteiger partial charge in [-0.05, 0) is 28.1 Å². The highest BCUT2D eigenvalue weighted by Gasteiger charge is 2.13. The normalized spacial score (nSPS) is 10.9. The third-order valence-electron chi connectivity index (χ3n) is 2.41. The minimum Gasteiger partial charge on any atom is -0.396 e. The van der Waals surface area contributed by atoms with E-state index in [4.69, 9.17) is 5.11 Å². The van der Waals surface area contributed by atoms with Crippen molar-refractivity contribution in [2.75, 3.05) is 6.61 Å². The van der Waals surface area contributed by atoms with Crippen LogP contribution in [-0.2, 0) is 13.0 Å². The van der Waals surface area contributed by atoms with Crippen molar-refractivity contribution < 1.29 is 13.9 Å². The van der Waals surface area contributed by atoms with E-state index in [-0.39, 0.29) is 23.2 Å². The second kappa shape index (κ2) is 5.53. The molecule has 0 aliphatic carbocycles. The SMILES string of the molecule is OCCc1cn(Cc2c(F)ccc(Br)c2F)nn1. The minimum absolute atomic E-state index is 0.0434. The average Bonchev–Trinajstić information content (AvgIpc) is 2.78. The Hall–Kier alpha value is -1.34. The highest BCUT2D eigenvalue weighted by molar-refractivity contribution is 9.10. The third-order valence-corrected chi connectivity index (χ3v) is 3.03. The monoisotopic (exact) mass is 317 g/mol. The maximum absolute atomic E-state index is 13.7. The molecule has 0 unspecified atom stereocenters. The predicted molar refractivity (Wildman–Crippen MR) is 64.0 cm³/mol. The maximum atomic E-state index is 13.7. The summed E-state index contributed by atoms with van der Waals surface area (Å²) in [7, 11) is 0. The van der Waals surface area contributed by atoms with E-state index in [0.29, 0.717) is 12.1 Å². The van der Waals surface area contributed by atoms with Crippen LogP contribution >= 0.6 is 15.9 Å². The van der Waals surface area contributed by atoms with Gasteiger partial charge in [-0.3, -0.25) is 0 Å². The van der Waals surface area contributed by atoms with Crippen LogP contribution in [0.1, 0.15) is 11.3 Å². The van der Waals surface area contributed by atoms with Gasteiger partial charge in [0.2, 0.25) is 0 Å². The fraction of sp³-hybridized carbons (Fsp3) is 0.273. The van der Waals surface area contributed by atoms with Gasteiger partial charge in [-0.15, -0.1) is 5.10 Å². The van der Waals surface area contributed by atoms with E-state index in [2.05, 4.69) is 26.2 Å². The molecule has 0 saturated heterocycles. The summed E-state index contributed by atoms with van der Waals surface area (Å²) < 4.78 is 28.8. The Morgan fingerprint density at radius 1 is 1.33 bits per heavy atom. The van der Waals surface area contributed by atoms with Gasteiger partial charge in [0.1, 0.15) is 11.6 Å². The Morgan fingerprint density at radius 3 is 2.83 bits per heavy atom. The molecular weight excluding hydrogens is 308 g/mol. The van der Waals surface area contributed by atoms with Gasteiger partial charge in [0, 0.05) is 24.8 Å². The van der Waals surface area contributed by atoms with Crippen LogP contribution in [0.25, 0.3) is 0 Å². The molecule has 0 spiro atoms. The molecule has 0 amide bonds. The van der Waals surface area contributed by atoms with Gasteiger partial charge < -0.3 is 5.11 Å². The lowest BCUT2D eigenvalue weighted by atomic mass is 10.2. The first-order valence-electron chi connectivity index (χ1n) is 5.24. The third kappa shape index (κ3) is 2.73. The molecule has 18 heavy (non-hydrogen) atoms. The largest absolute Gasteiger partial charge is 0.396 e. The number of rotatable bonds is 4. The minimum atomic E-state index is -0.644. The molecule has 2 aromatic rings. The van der Waals surface area contributed by atoms with E-state index in [9.17, 15) is 8.78 Å². The molecule has 4 nitrogen and oxygen atoms in total. The predicted octanol–water partition coefficient (Wildman–Crippen LogP) is 1.90. The van der Waals surface area contributed by atoms with E-state index < -0.39 is 11.6 Å². The van der Waals surface area contributed by atoms with Crippen molar-refractivity contribution in [3.8, 4) is 0 Å². The van der Waals surface area contributed by atoms with Gasteiger partial charge >= 0.3 is 0 Å². The van der Waals surface area contributed by atoms with Gasteiger partial charge in [-0.2, -0.15) is 0 Å². The van der Waals surface area contributed by atoms with Crippen LogP contribution in [0.15, 0.2) is 22.8 Å². The first-order valence-corrected chi connectivity index (χ1v) is 6.03. The van der Waals surface area contributed by atoms with Crippen molar-refractivity contribution in [2.45, 2.75) is 13.0 Å². The van der Waals surface area contributed by atoms with Crippen molar-refractivity contribution in [1.82, 2.24) is 15.0 Å². The molecular formula is C11H10BrF2N3O. The zero-order valence-electron chi connectivity index (χ0n) is 9.28. The number of benzene rings is 1. The van der Waals surface area contributed by atoms with Crippen LogP contribution in [0.4, 0.5) is 8.78 Å². The lowest BCUT2D eigenvalue weighted by molar-refractivity contribution is 0.298. The summed E-state index contributed by atoms with van der Waals surface area (Å²) in [4.78, 5) is 0. The van der Waals surface area contributed by atoms with Crippen LogP contribution in [0.2, 0.25) is 0 Å². The Balaban J connectivity index is 2.25. The quantitative estimate of drug-likeness (QED) is 0.876.